The number of hydrogen-bond donors (Lipinski definition) is 1. The molecule has 28 heavy (non-hydrogen) atoms. The number of rotatable bonds is 2. The molecule has 1 heterocycles. The topological polar surface area (TPSA) is 29.3 Å². The summed E-state index contributed by atoms with van der Waals surface area (Å²) in [7, 11) is 0. The molecule has 5 fully saturated rings. The quantitative estimate of drug-likeness (QED) is 0.700. The smallest absolute Gasteiger partial charge is 0.0816 e. The third-order valence-electron chi connectivity index (χ3n) is 8.89. The molecule has 4 aliphatic carbocycles. The Morgan fingerprint density at radius 1 is 1.04 bits per heavy atom. The molecule has 3 atom stereocenters. The SMILES string of the molecule is CC12CC3CC(c4ccccc4)(CC(C1)C3C(=S)N1CC[C@H](N)C(C)(C)C1)C2. The van der Waals surface area contributed by atoms with Gasteiger partial charge in [-0.05, 0) is 72.2 Å². The van der Waals surface area contributed by atoms with Crippen LogP contribution >= 0.6 is 12.2 Å². The molecule has 0 spiro atoms. The molecule has 2 unspecified atom stereocenters. The molecule has 2 N–H and O–H groups in total. The molecule has 1 aliphatic heterocycles. The zero-order valence-corrected chi connectivity index (χ0v) is 18.6. The summed E-state index contributed by atoms with van der Waals surface area (Å²) < 4.78 is 0. The van der Waals surface area contributed by atoms with E-state index in [-0.39, 0.29) is 5.41 Å². The Labute approximate surface area is 176 Å². The number of hydrogen-bond acceptors (Lipinski definition) is 2. The summed E-state index contributed by atoms with van der Waals surface area (Å²) in [5.74, 6) is 2.14. The first-order valence-electron chi connectivity index (χ1n) is 11.3. The summed E-state index contributed by atoms with van der Waals surface area (Å²) in [6.07, 6.45) is 7.87. The Morgan fingerprint density at radius 2 is 1.68 bits per heavy atom. The van der Waals surface area contributed by atoms with E-state index in [2.05, 4.69) is 56.0 Å². The molecule has 6 rings (SSSR count). The van der Waals surface area contributed by atoms with Gasteiger partial charge in [-0.1, -0.05) is 63.3 Å². The number of piperidine rings is 1. The van der Waals surface area contributed by atoms with Crippen LogP contribution in [0.2, 0.25) is 0 Å². The van der Waals surface area contributed by atoms with E-state index >= 15 is 0 Å². The molecule has 3 heteroatoms. The molecule has 4 saturated carbocycles. The van der Waals surface area contributed by atoms with Crippen molar-refractivity contribution in [2.45, 2.75) is 70.8 Å². The molecule has 5 aliphatic rings. The van der Waals surface area contributed by atoms with Crippen molar-refractivity contribution in [2.75, 3.05) is 13.1 Å². The van der Waals surface area contributed by atoms with Gasteiger partial charge in [-0.2, -0.15) is 0 Å². The van der Waals surface area contributed by atoms with Crippen LogP contribution in [-0.2, 0) is 5.41 Å². The third kappa shape index (κ3) is 2.88. The highest BCUT2D eigenvalue weighted by Gasteiger charge is 2.61. The molecule has 0 amide bonds. The van der Waals surface area contributed by atoms with Gasteiger partial charge in [0, 0.05) is 25.0 Å². The van der Waals surface area contributed by atoms with Crippen LogP contribution in [0.5, 0.6) is 0 Å². The molecular formula is C25H36N2S. The van der Waals surface area contributed by atoms with Gasteiger partial charge < -0.3 is 10.6 Å². The second-order valence-electron chi connectivity index (χ2n) is 11.6. The maximum Gasteiger partial charge on any atom is 0.0816 e. The average molecular weight is 397 g/mol. The fraction of sp³-hybridized carbons (Fsp3) is 0.720. The lowest BCUT2D eigenvalue weighted by atomic mass is 9.40. The minimum Gasteiger partial charge on any atom is -0.365 e. The maximum absolute atomic E-state index is 6.40. The molecule has 0 aromatic heterocycles. The monoisotopic (exact) mass is 396 g/mol. The third-order valence-corrected chi connectivity index (χ3v) is 9.42. The van der Waals surface area contributed by atoms with Crippen LogP contribution in [0, 0.1) is 28.6 Å². The molecule has 152 valence electrons. The van der Waals surface area contributed by atoms with Gasteiger partial charge in [-0.25, -0.2) is 0 Å². The van der Waals surface area contributed by atoms with E-state index in [1.807, 2.05) is 0 Å². The second-order valence-corrected chi connectivity index (χ2v) is 12.1. The van der Waals surface area contributed by atoms with Gasteiger partial charge in [0.15, 0.2) is 0 Å². The normalized spacial score (nSPS) is 43.9. The second kappa shape index (κ2) is 6.28. The van der Waals surface area contributed by atoms with E-state index in [1.165, 1.54) is 37.1 Å². The van der Waals surface area contributed by atoms with Gasteiger partial charge in [0.05, 0.1) is 4.99 Å². The molecule has 2 nitrogen and oxygen atoms in total. The minimum atomic E-state index is 0.158. The van der Waals surface area contributed by atoms with Crippen LogP contribution in [0.25, 0.3) is 0 Å². The predicted molar refractivity (Wildman–Crippen MR) is 120 cm³/mol. The van der Waals surface area contributed by atoms with Gasteiger partial charge in [0.1, 0.15) is 0 Å². The fourth-order valence-electron chi connectivity index (χ4n) is 7.88. The first kappa shape index (κ1) is 19.1. The predicted octanol–water partition coefficient (Wildman–Crippen LogP) is 5.16. The Balaban J connectivity index is 1.42. The van der Waals surface area contributed by atoms with Gasteiger partial charge in [0.2, 0.25) is 0 Å². The van der Waals surface area contributed by atoms with Crippen molar-refractivity contribution in [1.82, 2.24) is 4.90 Å². The van der Waals surface area contributed by atoms with Crippen molar-refractivity contribution in [3.05, 3.63) is 35.9 Å². The van der Waals surface area contributed by atoms with Crippen LogP contribution in [0.1, 0.15) is 64.9 Å². The molecule has 0 radical (unpaired) electrons. The number of nitrogens with zero attached hydrogens (tertiary/aromatic N) is 1. The summed E-state index contributed by atoms with van der Waals surface area (Å²) in [5, 5.41) is 0. The Hall–Kier alpha value is -0.930. The highest BCUT2D eigenvalue weighted by molar-refractivity contribution is 7.80. The summed E-state index contributed by atoms with van der Waals surface area (Å²) in [5.41, 5.74) is 9.06. The lowest BCUT2D eigenvalue weighted by molar-refractivity contribution is -0.0851. The van der Waals surface area contributed by atoms with Crippen molar-refractivity contribution in [3.8, 4) is 0 Å². The van der Waals surface area contributed by atoms with Crippen LogP contribution in [0.3, 0.4) is 0 Å². The molecule has 1 aromatic carbocycles. The van der Waals surface area contributed by atoms with Crippen LogP contribution in [0.15, 0.2) is 30.3 Å². The van der Waals surface area contributed by atoms with Crippen molar-refractivity contribution in [1.29, 1.82) is 0 Å². The molecule has 4 bridgehead atoms. The van der Waals surface area contributed by atoms with Crippen LogP contribution < -0.4 is 5.73 Å². The first-order valence-corrected chi connectivity index (χ1v) is 11.7. The average Bonchev–Trinajstić information content (AvgIpc) is 2.63. The lowest BCUT2D eigenvalue weighted by Crippen LogP contribution is -2.61. The van der Waals surface area contributed by atoms with Gasteiger partial charge >= 0.3 is 0 Å². The lowest BCUT2D eigenvalue weighted by Gasteiger charge is -2.65. The van der Waals surface area contributed by atoms with E-state index in [0.717, 1.165) is 31.3 Å². The van der Waals surface area contributed by atoms with Crippen molar-refractivity contribution in [3.63, 3.8) is 0 Å². The summed E-state index contributed by atoms with van der Waals surface area (Å²) in [6.45, 7) is 9.28. The highest BCUT2D eigenvalue weighted by Crippen LogP contribution is 2.67. The van der Waals surface area contributed by atoms with Gasteiger partial charge in [-0.15, -0.1) is 0 Å². The number of thiocarbonyl (C=S) groups is 1. The van der Waals surface area contributed by atoms with Crippen molar-refractivity contribution >= 4 is 17.2 Å². The number of benzene rings is 1. The minimum absolute atomic E-state index is 0.158. The highest BCUT2D eigenvalue weighted by atomic mass is 32.1. The van der Waals surface area contributed by atoms with E-state index in [1.54, 1.807) is 5.56 Å². The molecule has 1 saturated heterocycles. The van der Waals surface area contributed by atoms with E-state index in [4.69, 9.17) is 18.0 Å². The molecule has 1 aromatic rings. The van der Waals surface area contributed by atoms with E-state index in [9.17, 15) is 0 Å². The summed E-state index contributed by atoms with van der Waals surface area (Å²) in [6, 6.07) is 11.7. The fourth-order valence-corrected chi connectivity index (χ4v) is 8.43. The number of nitrogens with two attached hydrogens (primary N) is 1. The van der Waals surface area contributed by atoms with E-state index in [0.29, 0.717) is 22.8 Å². The zero-order valence-electron chi connectivity index (χ0n) is 17.8. The number of likely N-dealkylation sites (tertiary alicyclic amines) is 1. The Kier molecular flexibility index (Phi) is 4.28. The van der Waals surface area contributed by atoms with Gasteiger partial charge in [-0.3, -0.25) is 0 Å². The van der Waals surface area contributed by atoms with Crippen LogP contribution in [0.4, 0.5) is 0 Å². The van der Waals surface area contributed by atoms with Crippen molar-refractivity contribution in [2.24, 2.45) is 34.3 Å². The van der Waals surface area contributed by atoms with Crippen molar-refractivity contribution < 1.29 is 0 Å². The Bertz CT molecular complexity index is 754. The van der Waals surface area contributed by atoms with Crippen LogP contribution in [-0.4, -0.2) is 29.0 Å². The standard InChI is InChI=1S/C25H36N2S/c1-23(2)16-27(10-9-20(23)26)22(28)21-17-11-24(3)12-18(21)14-25(13-17,15-24)19-7-5-4-6-8-19/h4-8,17-18,20-21H,9-16,26H2,1-3H3/t17?,18?,20-,21?,24?,25?/m0/s1. The summed E-state index contributed by atoms with van der Waals surface area (Å²) >= 11 is 6.22. The van der Waals surface area contributed by atoms with E-state index < -0.39 is 0 Å². The first-order chi connectivity index (χ1) is 13.2. The maximum atomic E-state index is 6.40. The largest absolute Gasteiger partial charge is 0.365 e. The summed E-state index contributed by atoms with van der Waals surface area (Å²) in [4.78, 5) is 3.82. The van der Waals surface area contributed by atoms with Gasteiger partial charge in [0.25, 0.3) is 0 Å². The Morgan fingerprint density at radius 3 is 2.29 bits per heavy atom. The zero-order chi connectivity index (χ0) is 19.7. The molecular weight excluding hydrogens is 360 g/mol.